The van der Waals surface area contributed by atoms with Gasteiger partial charge in [0.2, 0.25) is 5.82 Å². The summed E-state index contributed by atoms with van der Waals surface area (Å²) in [5.74, 6) is -5.10. The predicted octanol–water partition coefficient (Wildman–Crippen LogP) is 7.28. The molecule has 1 unspecified atom stereocenters. The van der Waals surface area contributed by atoms with Crippen molar-refractivity contribution in [2.75, 3.05) is 13.2 Å². The van der Waals surface area contributed by atoms with Gasteiger partial charge in [0, 0.05) is 16.7 Å². The zero-order valence-electron chi connectivity index (χ0n) is 17.2. The summed E-state index contributed by atoms with van der Waals surface area (Å²) in [6, 6.07) is 5.03. The van der Waals surface area contributed by atoms with Crippen LogP contribution in [0.5, 0.6) is 5.75 Å². The second-order valence-corrected chi connectivity index (χ2v) is 7.36. The Morgan fingerprint density at radius 3 is 2.23 bits per heavy atom. The Hall–Kier alpha value is -2.34. The second kappa shape index (κ2) is 10.1. The molecule has 30 heavy (non-hydrogen) atoms. The second-order valence-electron chi connectivity index (χ2n) is 7.36. The normalized spacial score (nSPS) is 16.5. The summed E-state index contributed by atoms with van der Waals surface area (Å²) >= 11 is 0. The largest absolute Gasteiger partial charge is 0.491 e. The lowest BCUT2D eigenvalue weighted by atomic mass is 9.96. The third-order valence-corrected chi connectivity index (χ3v) is 5.29. The standard InChI is InChI=1S/C24H26F4O2/c1-3-5-6-7-15-8-12-19(30-14-15)18-10-9-16(21(25)23(18)27)17-11-13-20(29-4-2)24(28)22(17)26/h8-11,13,19H,3-7,12,14H2,1-2H3. The van der Waals surface area contributed by atoms with Gasteiger partial charge in [-0.25, -0.2) is 13.2 Å². The molecule has 0 radical (unpaired) electrons. The van der Waals surface area contributed by atoms with E-state index in [1.54, 1.807) is 6.92 Å². The van der Waals surface area contributed by atoms with E-state index in [-0.39, 0.29) is 29.0 Å². The van der Waals surface area contributed by atoms with Gasteiger partial charge in [0.05, 0.1) is 19.3 Å². The Labute approximate surface area is 174 Å². The smallest absolute Gasteiger partial charge is 0.201 e. The molecule has 0 aliphatic carbocycles. The highest BCUT2D eigenvalue weighted by molar-refractivity contribution is 5.66. The first kappa shape index (κ1) is 22.3. The van der Waals surface area contributed by atoms with Crippen LogP contribution in [0.25, 0.3) is 11.1 Å². The SMILES string of the molecule is CCCCCC1=CCC(c2ccc(-c3ccc(OCC)c(F)c3F)c(F)c2F)OC1. The van der Waals surface area contributed by atoms with Crippen molar-refractivity contribution in [2.45, 2.75) is 52.1 Å². The highest BCUT2D eigenvalue weighted by atomic mass is 19.2. The van der Waals surface area contributed by atoms with Gasteiger partial charge in [-0.2, -0.15) is 4.39 Å². The Morgan fingerprint density at radius 1 is 0.900 bits per heavy atom. The molecule has 0 saturated heterocycles. The number of hydrogen-bond acceptors (Lipinski definition) is 2. The maximum atomic E-state index is 14.8. The summed E-state index contributed by atoms with van der Waals surface area (Å²) in [5.41, 5.74) is 0.542. The van der Waals surface area contributed by atoms with Crippen molar-refractivity contribution in [3.05, 3.63) is 64.7 Å². The molecule has 1 heterocycles. The van der Waals surface area contributed by atoms with Crippen LogP contribution in [0, 0.1) is 23.3 Å². The molecule has 0 aromatic heterocycles. The zero-order valence-corrected chi connectivity index (χ0v) is 17.2. The fraction of sp³-hybridized carbons (Fsp3) is 0.417. The first-order chi connectivity index (χ1) is 14.5. The first-order valence-corrected chi connectivity index (χ1v) is 10.4. The van der Waals surface area contributed by atoms with Crippen LogP contribution in [0.4, 0.5) is 17.6 Å². The van der Waals surface area contributed by atoms with Crippen molar-refractivity contribution in [1.82, 2.24) is 0 Å². The Bertz CT molecular complexity index is 924. The molecule has 1 aliphatic rings. The molecule has 2 nitrogen and oxygen atoms in total. The Kier molecular flexibility index (Phi) is 7.53. The summed E-state index contributed by atoms with van der Waals surface area (Å²) in [4.78, 5) is 0. The van der Waals surface area contributed by atoms with Gasteiger partial charge < -0.3 is 9.47 Å². The van der Waals surface area contributed by atoms with Gasteiger partial charge in [0.25, 0.3) is 0 Å². The number of hydrogen-bond donors (Lipinski definition) is 0. The lowest BCUT2D eigenvalue weighted by molar-refractivity contribution is 0.0567. The van der Waals surface area contributed by atoms with Crippen LogP contribution in [0.15, 0.2) is 35.9 Å². The van der Waals surface area contributed by atoms with Gasteiger partial charge in [-0.3, -0.25) is 0 Å². The van der Waals surface area contributed by atoms with E-state index in [1.807, 2.05) is 6.08 Å². The van der Waals surface area contributed by atoms with Crippen LogP contribution in [-0.2, 0) is 4.74 Å². The van der Waals surface area contributed by atoms with E-state index in [1.165, 1.54) is 29.8 Å². The van der Waals surface area contributed by atoms with E-state index in [4.69, 9.17) is 9.47 Å². The van der Waals surface area contributed by atoms with Crippen LogP contribution in [0.1, 0.15) is 57.6 Å². The fourth-order valence-electron chi connectivity index (χ4n) is 3.63. The van der Waals surface area contributed by atoms with Gasteiger partial charge in [-0.1, -0.05) is 38.0 Å². The quantitative estimate of drug-likeness (QED) is 0.253. The van der Waals surface area contributed by atoms with Crippen molar-refractivity contribution in [1.29, 1.82) is 0 Å². The molecule has 3 rings (SSSR count). The van der Waals surface area contributed by atoms with E-state index in [0.29, 0.717) is 13.0 Å². The molecular formula is C24H26F4O2. The molecule has 0 saturated carbocycles. The molecule has 6 heteroatoms. The molecule has 2 aromatic carbocycles. The zero-order chi connectivity index (χ0) is 21.7. The molecule has 1 aliphatic heterocycles. The average Bonchev–Trinajstić information content (AvgIpc) is 2.75. The molecule has 162 valence electrons. The van der Waals surface area contributed by atoms with Crippen LogP contribution < -0.4 is 4.74 Å². The van der Waals surface area contributed by atoms with Gasteiger partial charge in [-0.05, 0) is 43.9 Å². The first-order valence-electron chi connectivity index (χ1n) is 10.4. The summed E-state index contributed by atoms with van der Waals surface area (Å²) < 4.78 is 68.9. The van der Waals surface area contributed by atoms with E-state index in [2.05, 4.69) is 6.92 Å². The van der Waals surface area contributed by atoms with Gasteiger partial charge in [0.1, 0.15) is 0 Å². The monoisotopic (exact) mass is 422 g/mol. The number of unbranched alkanes of at least 4 members (excludes halogenated alkanes) is 2. The van der Waals surface area contributed by atoms with Crippen molar-refractivity contribution >= 4 is 0 Å². The highest BCUT2D eigenvalue weighted by Crippen LogP contribution is 2.36. The molecule has 0 N–H and O–H groups in total. The van der Waals surface area contributed by atoms with Crippen molar-refractivity contribution in [3.8, 4) is 16.9 Å². The van der Waals surface area contributed by atoms with Crippen LogP contribution in [0.3, 0.4) is 0 Å². The molecule has 1 atom stereocenters. The van der Waals surface area contributed by atoms with Crippen LogP contribution in [0.2, 0.25) is 0 Å². The van der Waals surface area contributed by atoms with E-state index in [0.717, 1.165) is 25.7 Å². The molecule has 2 aromatic rings. The summed E-state index contributed by atoms with van der Waals surface area (Å²) in [5, 5.41) is 0. The topological polar surface area (TPSA) is 18.5 Å². The number of rotatable bonds is 8. The van der Waals surface area contributed by atoms with Crippen LogP contribution in [-0.4, -0.2) is 13.2 Å². The minimum absolute atomic E-state index is 0.0759. The average molecular weight is 422 g/mol. The van der Waals surface area contributed by atoms with E-state index >= 15 is 0 Å². The lowest BCUT2D eigenvalue weighted by Crippen LogP contribution is -2.14. The van der Waals surface area contributed by atoms with Gasteiger partial charge in [0.15, 0.2) is 23.2 Å². The minimum atomic E-state index is -1.28. The Morgan fingerprint density at radius 2 is 1.60 bits per heavy atom. The summed E-state index contributed by atoms with van der Waals surface area (Å²) in [6.07, 6.45) is 6.17. The number of benzene rings is 2. The van der Waals surface area contributed by atoms with Crippen molar-refractivity contribution < 1.29 is 27.0 Å². The predicted molar refractivity (Wildman–Crippen MR) is 108 cm³/mol. The molecule has 0 fully saturated rings. The Balaban J connectivity index is 1.83. The molecule has 0 spiro atoms. The molecule has 0 amide bonds. The molecular weight excluding hydrogens is 396 g/mol. The summed E-state index contributed by atoms with van der Waals surface area (Å²) in [6.45, 7) is 4.31. The number of ether oxygens (including phenoxy) is 2. The third kappa shape index (κ3) is 4.69. The lowest BCUT2D eigenvalue weighted by Gasteiger charge is -2.24. The van der Waals surface area contributed by atoms with Crippen LogP contribution >= 0.6 is 0 Å². The fourth-order valence-corrected chi connectivity index (χ4v) is 3.63. The highest BCUT2D eigenvalue weighted by Gasteiger charge is 2.25. The minimum Gasteiger partial charge on any atom is -0.491 e. The van der Waals surface area contributed by atoms with E-state index < -0.39 is 29.4 Å². The van der Waals surface area contributed by atoms with Crippen molar-refractivity contribution in [3.63, 3.8) is 0 Å². The van der Waals surface area contributed by atoms with Crippen molar-refractivity contribution in [2.24, 2.45) is 0 Å². The maximum absolute atomic E-state index is 14.8. The number of halogens is 4. The molecule has 0 bridgehead atoms. The third-order valence-electron chi connectivity index (χ3n) is 5.29. The van der Waals surface area contributed by atoms with Gasteiger partial charge >= 0.3 is 0 Å². The summed E-state index contributed by atoms with van der Waals surface area (Å²) in [7, 11) is 0. The maximum Gasteiger partial charge on any atom is 0.201 e. The van der Waals surface area contributed by atoms with Gasteiger partial charge in [-0.15, -0.1) is 0 Å². The van der Waals surface area contributed by atoms with E-state index in [9.17, 15) is 17.6 Å².